The van der Waals surface area contributed by atoms with Crippen molar-refractivity contribution in [1.82, 2.24) is 20.9 Å². The lowest BCUT2D eigenvalue weighted by Gasteiger charge is -2.43. The highest BCUT2D eigenvalue weighted by Gasteiger charge is 2.48. The van der Waals surface area contributed by atoms with Crippen LogP contribution in [0.5, 0.6) is 0 Å². The van der Waals surface area contributed by atoms with Gasteiger partial charge in [-0.25, -0.2) is 14.4 Å². The van der Waals surface area contributed by atoms with E-state index in [1.54, 1.807) is 24.3 Å². The van der Waals surface area contributed by atoms with Gasteiger partial charge in [0.15, 0.2) is 0 Å². The highest BCUT2D eigenvalue weighted by atomic mass is 16.6. The summed E-state index contributed by atoms with van der Waals surface area (Å²) < 4.78 is 10.6. The SMILES string of the molecule is CC(C)(NC(=O)C1(NC(=O)C(C)(C)NC(=O)OCc2ccccc2)CCN(C(=O)OCc2ccccc2)CC1)C(=O)O. The number of ether oxygens (including phenoxy) is 2. The van der Waals surface area contributed by atoms with E-state index in [0.717, 1.165) is 11.1 Å². The van der Waals surface area contributed by atoms with Crippen LogP contribution in [0.3, 0.4) is 0 Å². The van der Waals surface area contributed by atoms with Gasteiger partial charge in [-0.15, -0.1) is 0 Å². The van der Waals surface area contributed by atoms with Gasteiger partial charge in [-0.3, -0.25) is 9.59 Å². The van der Waals surface area contributed by atoms with E-state index in [2.05, 4.69) is 16.0 Å². The van der Waals surface area contributed by atoms with Crippen LogP contribution in [0, 0.1) is 0 Å². The number of carboxylic acid groups (broad SMARTS) is 1. The number of alkyl carbamates (subject to hydrolysis) is 1. The van der Waals surface area contributed by atoms with Crippen LogP contribution >= 0.6 is 0 Å². The molecule has 2 aromatic carbocycles. The number of likely N-dealkylation sites (tertiary alicyclic amines) is 1. The van der Waals surface area contributed by atoms with Crippen molar-refractivity contribution in [2.24, 2.45) is 0 Å². The van der Waals surface area contributed by atoms with Gasteiger partial charge < -0.3 is 35.4 Å². The summed E-state index contributed by atoms with van der Waals surface area (Å²) in [7, 11) is 0. The van der Waals surface area contributed by atoms with Gasteiger partial charge in [0.25, 0.3) is 0 Å². The van der Waals surface area contributed by atoms with Crippen LogP contribution in [-0.4, -0.2) is 69.7 Å². The Hall–Kier alpha value is -4.61. The van der Waals surface area contributed by atoms with E-state index in [9.17, 15) is 29.1 Å². The van der Waals surface area contributed by atoms with E-state index in [4.69, 9.17) is 9.47 Å². The maximum Gasteiger partial charge on any atom is 0.410 e. The molecule has 0 bridgehead atoms. The van der Waals surface area contributed by atoms with Gasteiger partial charge >= 0.3 is 18.2 Å². The molecule has 12 nitrogen and oxygen atoms in total. The summed E-state index contributed by atoms with van der Waals surface area (Å²) in [5.41, 5.74) is -3.12. The van der Waals surface area contributed by atoms with Crippen molar-refractivity contribution in [3.63, 3.8) is 0 Å². The molecule has 4 amide bonds. The molecule has 1 heterocycles. The number of carbonyl (C=O) groups is 5. The van der Waals surface area contributed by atoms with Gasteiger partial charge in [0, 0.05) is 13.1 Å². The summed E-state index contributed by atoms with van der Waals surface area (Å²) in [5, 5.41) is 17.3. The first-order valence-corrected chi connectivity index (χ1v) is 13.6. The Balaban J connectivity index is 1.68. The third-order valence-electron chi connectivity index (χ3n) is 7.02. The van der Waals surface area contributed by atoms with Crippen molar-refractivity contribution in [2.75, 3.05) is 13.1 Å². The number of carboxylic acids is 1. The Bertz CT molecular complexity index is 1270. The lowest BCUT2D eigenvalue weighted by molar-refractivity contribution is -0.148. The quantitative estimate of drug-likeness (QED) is 0.332. The zero-order chi connectivity index (χ0) is 31.0. The molecule has 2 aromatic rings. The Morgan fingerprint density at radius 2 is 1.29 bits per heavy atom. The van der Waals surface area contributed by atoms with Gasteiger partial charge in [0.1, 0.15) is 29.8 Å². The molecule has 226 valence electrons. The Kier molecular flexibility index (Phi) is 10.2. The Morgan fingerprint density at radius 1 is 0.786 bits per heavy atom. The predicted molar refractivity (Wildman–Crippen MR) is 152 cm³/mol. The molecule has 4 N–H and O–H groups in total. The number of carbonyl (C=O) groups excluding carboxylic acids is 4. The molecule has 12 heteroatoms. The minimum atomic E-state index is -1.63. The number of aliphatic carboxylic acids is 1. The van der Waals surface area contributed by atoms with E-state index in [-0.39, 0.29) is 39.1 Å². The number of hydrogen-bond donors (Lipinski definition) is 4. The molecule has 0 radical (unpaired) electrons. The van der Waals surface area contributed by atoms with E-state index < -0.39 is 46.6 Å². The van der Waals surface area contributed by atoms with Crippen LogP contribution in [0.15, 0.2) is 60.7 Å². The average Bonchev–Trinajstić information content (AvgIpc) is 2.95. The van der Waals surface area contributed by atoms with Crippen molar-refractivity contribution in [2.45, 2.75) is 70.4 Å². The predicted octanol–water partition coefficient (Wildman–Crippen LogP) is 2.96. The normalized spacial score (nSPS) is 14.7. The lowest BCUT2D eigenvalue weighted by Crippen LogP contribution is -2.69. The fourth-order valence-electron chi connectivity index (χ4n) is 4.19. The summed E-state index contributed by atoms with van der Waals surface area (Å²) in [6.07, 6.45) is -1.45. The van der Waals surface area contributed by atoms with Crippen LogP contribution in [0.25, 0.3) is 0 Å². The molecule has 0 aromatic heterocycles. The molecule has 1 fully saturated rings. The highest BCUT2D eigenvalue weighted by Crippen LogP contribution is 2.26. The maximum absolute atomic E-state index is 13.5. The average molecular weight is 583 g/mol. The molecular weight excluding hydrogens is 544 g/mol. The summed E-state index contributed by atoms with van der Waals surface area (Å²) in [5.74, 6) is -2.67. The van der Waals surface area contributed by atoms with Crippen LogP contribution in [0.1, 0.15) is 51.7 Å². The van der Waals surface area contributed by atoms with E-state index in [1.165, 1.54) is 32.6 Å². The summed E-state index contributed by atoms with van der Waals surface area (Å²) in [6.45, 7) is 5.75. The molecule has 0 aliphatic carbocycles. The lowest BCUT2D eigenvalue weighted by atomic mass is 9.84. The molecule has 1 aliphatic heterocycles. The van der Waals surface area contributed by atoms with Crippen molar-refractivity contribution in [3.8, 4) is 0 Å². The number of nitrogens with one attached hydrogen (secondary N) is 3. The fourth-order valence-corrected chi connectivity index (χ4v) is 4.19. The van der Waals surface area contributed by atoms with Crippen LogP contribution in [0.2, 0.25) is 0 Å². The molecular formula is C30H38N4O8. The van der Waals surface area contributed by atoms with Crippen LogP contribution in [0.4, 0.5) is 9.59 Å². The molecule has 0 unspecified atom stereocenters. The Labute approximate surface area is 244 Å². The summed E-state index contributed by atoms with van der Waals surface area (Å²) >= 11 is 0. The van der Waals surface area contributed by atoms with Gasteiger partial charge in [0.2, 0.25) is 11.8 Å². The number of amides is 4. The topological polar surface area (TPSA) is 163 Å². The smallest absolute Gasteiger partial charge is 0.410 e. The number of nitrogens with zero attached hydrogens (tertiary/aromatic N) is 1. The van der Waals surface area contributed by atoms with Crippen molar-refractivity contribution in [1.29, 1.82) is 0 Å². The monoisotopic (exact) mass is 582 g/mol. The van der Waals surface area contributed by atoms with Gasteiger partial charge in [0.05, 0.1) is 0 Å². The van der Waals surface area contributed by atoms with E-state index in [1.807, 2.05) is 36.4 Å². The second-order valence-electron chi connectivity index (χ2n) is 11.3. The second-order valence-corrected chi connectivity index (χ2v) is 11.3. The third kappa shape index (κ3) is 8.45. The molecule has 3 rings (SSSR count). The minimum absolute atomic E-state index is 0.00278. The van der Waals surface area contributed by atoms with Crippen molar-refractivity contribution in [3.05, 3.63) is 71.8 Å². The largest absolute Gasteiger partial charge is 0.480 e. The van der Waals surface area contributed by atoms with Crippen LogP contribution in [-0.2, 0) is 37.1 Å². The summed E-state index contributed by atoms with van der Waals surface area (Å²) in [4.78, 5) is 65.3. The molecule has 0 atom stereocenters. The van der Waals surface area contributed by atoms with E-state index in [0.29, 0.717) is 0 Å². The molecule has 0 saturated carbocycles. The minimum Gasteiger partial charge on any atom is -0.480 e. The molecule has 0 spiro atoms. The maximum atomic E-state index is 13.5. The van der Waals surface area contributed by atoms with Gasteiger partial charge in [-0.05, 0) is 51.7 Å². The first-order valence-electron chi connectivity index (χ1n) is 13.6. The number of rotatable bonds is 10. The number of piperidine rings is 1. The number of hydrogen-bond acceptors (Lipinski definition) is 7. The van der Waals surface area contributed by atoms with E-state index >= 15 is 0 Å². The van der Waals surface area contributed by atoms with Crippen molar-refractivity contribution >= 4 is 30.0 Å². The second kappa shape index (κ2) is 13.4. The van der Waals surface area contributed by atoms with Gasteiger partial charge in [-0.1, -0.05) is 60.7 Å². The first-order chi connectivity index (χ1) is 19.7. The summed E-state index contributed by atoms with van der Waals surface area (Å²) in [6, 6.07) is 18.2. The fraction of sp³-hybridized carbons (Fsp3) is 0.433. The molecule has 1 aliphatic rings. The van der Waals surface area contributed by atoms with Crippen molar-refractivity contribution < 1.29 is 38.6 Å². The molecule has 42 heavy (non-hydrogen) atoms. The first kappa shape index (κ1) is 31.9. The highest BCUT2D eigenvalue weighted by molar-refractivity contribution is 5.98. The van der Waals surface area contributed by atoms with Crippen LogP contribution < -0.4 is 16.0 Å². The third-order valence-corrected chi connectivity index (χ3v) is 7.02. The number of benzene rings is 2. The molecule has 1 saturated heterocycles. The standard InChI is InChI=1S/C30H38N4O8/c1-28(2,33-26(39)41-19-21-11-7-5-8-12-21)23(35)32-30(24(36)31-29(3,4)25(37)38)15-17-34(18-16-30)27(40)42-20-22-13-9-6-10-14-22/h5-14H,15-20H2,1-4H3,(H,31,36)(H,32,35)(H,33,39)(H,37,38). The van der Waals surface area contributed by atoms with Gasteiger partial charge in [-0.2, -0.15) is 0 Å². The zero-order valence-electron chi connectivity index (χ0n) is 24.3. The zero-order valence-corrected chi connectivity index (χ0v) is 24.3. The Morgan fingerprint density at radius 3 is 1.79 bits per heavy atom.